The standard InChI is InChI=1S/C19H23NO4S/c1-12-6-4-3-5-7-13(2)24-19(23)18-14(9-15(8-12)20-25)10-16(21)11-17(18)22/h3,5,8,10-11,13,21-22,25H,4,6-7,9H2,1-2H3/b5-3+,12-8+,20-15?/t13-/m1/s1. The molecule has 2 N–H and O–H groups in total. The minimum absolute atomic E-state index is 0.0474. The molecule has 0 spiro atoms. The first-order chi connectivity index (χ1) is 11.9. The smallest absolute Gasteiger partial charge is 0.342 e. The van der Waals surface area contributed by atoms with Crippen LogP contribution in [0.2, 0.25) is 0 Å². The van der Waals surface area contributed by atoms with Gasteiger partial charge in [0.15, 0.2) is 0 Å². The van der Waals surface area contributed by atoms with Gasteiger partial charge in [-0.15, -0.1) is 0 Å². The van der Waals surface area contributed by atoms with E-state index in [-0.39, 0.29) is 29.6 Å². The van der Waals surface area contributed by atoms with Crippen molar-refractivity contribution < 1.29 is 19.7 Å². The molecule has 1 atom stereocenters. The number of phenolic OH excluding ortho intramolecular Hbond substituents is 2. The van der Waals surface area contributed by atoms with E-state index in [1.807, 2.05) is 19.1 Å². The van der Waals surface area contributed by atoms with E-state index in [1.165, 1.54) is 6.07 Å². The summed E-state index contributed by atoms with van der Waals surface area (Å²) in [6, 6.07) is 2.57. The van der Waals surface area contributed by atoms with Crippen LogP contribution in [0.15, 0.2) is 40.3 Å². The molecule has 1 heterocycles. The molecule has 1 aliphatic heterocycles. The second kappa shape index (κ2) is 8.76. The summed E-state index contributed by atoms with van der Waals surface area (Å²) < 4.78 is 9.39. The fourth-order valence-electron chi connectivity index (χ4n) is 2.72. The van der Waals surface area contributed by atoms with Gasteiger partial charge in [0.1, 0.15) is 23.2 Å². The molecule has 0 bridgehead atoms. The largest absolute Gasteiger partial charge is 0.508 e. The average Bonchev–Trinajstić information content (AvgIpc) is 2.52. The van der Waals surface area contributed by atoms with E-state index in [9.17, 15) is 15.0 Å². The zero-order valence-electron chi connectivity index (χ0n) is 14.4. The van der Waals surface area contributed by atoms with Crippen LogP contribution in [0.1, 0.15) is 49.0 Å². The Kier molecular flexibility index (Phi) is 6.70. The summed E-state index contributed by atoms with van der Waals surface area (Å²) in [4.78, 5) is 12.5. The van der Waals surface area contributed by atoms with Crippen molar-refractivity contribution in [3.63, 3.8) is 0 Å². The van der Waals surface area contributed by atoms with E-state index in [4.69, 9.17) is 4.74 Å². The van der Waals surface area contributed by atoms with Crippen molar-refractivity contribution in [2.45, 2.75) is 45.6 Å². The Morgan fingerprint density at radius 1 is 1.28 bits per heavy atom. The molecule has 5 nitrogen and oxygen atoms in total. The third-order valence-corrected chi connectivity index (χ3v) is 4.21. The molecule has 0 unspecified atom stereocenters. The number of benzene rings is 1. The van der Waals surface area contributed by atoms with Crippen LogP contribution in [0.4, 0.5) is 0 Å². The normalized spacial score (nSPS) is 24.6. The second-order valence-corrected chi connectivity index (χ2v) is 6.42. The SMILES string of the molecule is C/C1=C\C(=NS)Cc2cc(O)cc(O)c2C(=O)O[C@H](C)C/C=C/CC1. The quantitative estimate of drug-likeness (QED) is 0.368. The number of carbonyl (C=O) groups excluding carboxylic acids is 1. The molecule has 0 radical (unpaired) electrons. The van der Waals surface area contributed by atoms with Crippen LogP contribution >= 0.6 is 12.8 Å². The lowest BCUT2D eigenvalue weighted by molar-refractivity contribution is 0.0343. The zero-order chi connectivity index (χ0) is 18.4. The summed E-state index contributed by atoms with van der Waals surface area (Å²) in [6.45, 7) is 3.81. The highest BCUT2D eigenvalue weighted by Gasteiger charge is 2.22. The molecule has 6 heteroatoms. The first-order valence-corrected chi connectivity index (χ1v) is 8.59. The molecule has 0 aromatic heterocycles. The fraction of sp³-hybridized carbons (Fsp3) is 0.368. The van der Waals surface area contributed by atoms with Crippen molar-refractivity contribution in [1.82, 2.24) is 0 Å². The number of ether oxygens (including phenoxy) is 1. The number of esters is 1. The lowest BCUT2D eigenvalue weighted by atomic mass is 9.98. The minimum atomic E-state index is -0.621. The first kappa shape index (κ1) is 19.1. The first-order valence-electron chi connectivity index (χ1n) is 8.19. The Labute approximate surface area is 153 Å². The number of hydrogen-bond donors (Lipinski definition) is 3. The molecule has 1 aromatic rings. The van der Waals surface area contributed by atoms with Gasteiger partial charge in [-0.2, -0.15) is 0 Å². The van der Waals surface area contributed by atoms with E-state index in [1.54, 1.807) is 6.92 Å². The monoisotopic (exact) mass is 361 g/mol. The number of aromatic hydroxyl groups is 2. The van der Waals surface area contributed by atoms with Gasteiger partial charge in [0.2, 0.25) is 0 Å². The van der Waals surface area contributed by atoms with Gasteiger partial charge in [-0.05, 0) is 57.2 Å². The Morgan fingerprint density at radius 3 is 2.76 bits per heavy atom. The number of fused-ring (bicyclic) bond motifs is 1. The van der Waals surface area contributed by atoms with Crippen LogP contribution in [0.25, 0.3) is 0 Å². The van der Waals surface area contributed by atoms with Crippen LogP contribution in [0.5, 0.6) is 11.5 Å². The van der Waals surface area contributed by atoms with E-state index >= 15 is 0 Å². The third-order valence-electron chi connectivity index (χ3n) is 3.95. The zero-order valence-corrected chi connectivity index (χ0v) is 15.3. The van der Waals surface area contributed by atoms with Gasteiger partial charge in [0.05, 0.1) is 5.71 Å². The van der Waals surface area contributed by atoms with E-state index in [2.05, 4.69) is 23.3 Å². The van der Waals surface area contributed by atoms with Gasteiger partial charge in [0, 0.05) is 18.9 Å². The number of rotatable bonds is 0. The highest BCUT2D eigenvalue weighted by Crippen LogP contribution is 2.29. The molecule has 1 aromatic carbocycles. The van der Waals surface area contributed by atoms with Crippen molar-refractivity contribution in [2.24, 2.45) is 4.40 Å². The van der Waals surface area contributed by atoms with Crippen molar-refractivity contribution in [3.8, 4) is 11.5 Å². The topological polar surface area (TPSA) is 79.1 Å². The fourth-order valence-corrected chi connectivity index (χ4v) is 2.85. The summed E-state index contributed by atoms with van der Waals surface area (Å²) >= 11 is 4.00. The predicted octanol–water partition coefficient (Wildman–Crippen LogP) is 4.16. The Morgan fingerprint density at radius 2 is 2.04 bits per heavy atom. The number of hydrogen-bond acceptors (Lipinski definition) is 6. The Hall–Kier alpha value is -2.21. The average molecular weight is 361 g/mol. The third kappa shape index (κ3) is 5.39. The van der Waals surface area contributed by atoms with Crippen LogP contribution < -0.4 is 0 Å². The number of cyclic esters (lactones) is 1. The lowest BCUT2D eigenvalue weighted by Gasteiger charge is -2.16. The number of phenols is 2. The molecule has 1 aliphatic rings. The number of nitrogens with zero attached hydrogens (tertiary/aromatic N) is 1. The molecule has 0 saturated carbocycles. The van der Waals surface area contributed by atoms with Crippen LogP contribution in [-0.2, 0) is 11.2 Å². The van der Waals surface area contributed by atoms with Crippen LogP contribution in [0.3, 0.4) is 0 Å². The van der Waals surface area contributed by atoms with Gasteiger partial charge < -0.3 is 14.9 Å². The van der Waals surface area contributed by atoms with E-state index < -0.39 is 5.97 Å². The van der Waals surface area contributed by atoms with Gasteiger partial charge in [-0.3, -0.25) is 0 Å². The van der Waals surface area contributed by atoms with Crippen molar-refractivity contribution >= 4 is 24.5 Å². The van der Waals surface area contributed by atoms with Gasteiger partial charge in [-0.25, -0.2) is 9.19 Å². The van der Waals surface area contributed by atoms with Crippen molar-refractivity contribution in [3.05, 3.63) is 47.1 Å². The highest BCUT2D eigenvalue weighted by molar-refractivity contribution is 7.79. The Bertz CT molecular complexity index is 737. The number of carbonyl (C=O) groups is 1. The maximum absolute atomic E-state index is 12.5. The molecule has 0 fully saturated rings. The number of allylic oxidation sites excluding steroid dienone is 3. The molecule has 0 saturated heterocycles. The van der Waals surface area contributed by atoms with Crippen molar-refractivity contribution in [2.75, 3.05) is 0 Å². The summed E-state index contributed by atoms with van der Waals surface area (Å²) in [5, 5.41) is 20.0. The van der Waals surface area contributed by atoms with E-state index in [0.717, 1.165) is 24.5 Å². The predicted molar refractivity (Wildman–Crippen MR) is 102 cm³/mol. The molecular weight excluding hydrogens is 338 g/mol. The molecule has 25 heavy (non-hydrogen) atoms. The van der Waals surface area contributed by atoms with Gasteiger partial charge >= 0.3 is 5.97 Å². The summed E-state index contributed by atoms with van der Waals surface area (Å²) in [6.07, 6.45) is 8.27. The van der Waals surface area contributed by atoms with E-state index in [0.29, 0.717) is 17.7 Å². The molecule has 0 amide bonds. The molecule has 134 valence electrons. The lowest BCUT2D eigenvalue weighted by Crippen LogP contribution is -2.17. The maximum atomic E-state index is 12.5. The van der Waals surface area contributed by atoms with Crippen LogP contribution in [0, 0.1) is 0 Å². The highest BCUT2D eigenvalue weighted by atomic mass is 32.1. The summed E-state index contributed by atoms with van der Waals surface area (Å²) in [5.74, 6) is -1.06. The minimum Gasteiger partial charge on any atom is -0.508 e. The van der Waals surface area contributed by atoms with Gasteiger partial charge in [0.25, 0.3) is 0 Å². The number of thiol groups is 1. The molecular formula is C19H23NO4S. The second-order valence-electron chi connectivity index (χ2n) is 6.22. The van der Waals surface area contributed by atoms with Crippen molar-refractivity contribution in [1.29, 1.82) is 0 Å². The summed E-state index contributed by atoms with van der Waals surface area (Å²) in [7, 11) is 0. The van der Waals surface area contributed by atoms with Crippen LogP contribution in [-0.4, -0.2) is 28.0 Å². The maximum Gasteiger partial charge on any atom is 0.342 e. The summed E-state index contributed by atoms with van der Waals surface area (Å²) in [5.41, 5.74) is 2.26. The Balaban J connectivity index is 2.49. The van der Waals surface area contributed by atoms with Gasteiger partial charge in [-0.1, -0.05) is 17.7 Å². The molecule has 2 rings (SSSR count). The molecule has 0 aliphatic carbocycles.